The first-order valence-electron chi connectivity index (χ1n) is 3.67. The van der Waals surface area contributed by atoms with Gasteiger partial charge in [0, 0.05) is 6.54 Å². The third kappa shape index (κ3) is 2.22. The number of hydrogen-bond donors (Lipinski definition) is 1. The highest BCUT2D eigenvalue weighted by Crippen LogP contribution is 2.05. The highest BCUT2D eigenvalue weighted by atomic mass is 14.8. The van der Waals surface area contributed by atoms with Gasteiger partial charge in [-0.1, -0.05) is 12.2 Å². The Kier molecular flexibility index (Phi) is 3.01. The van der Waals surface area contributed by atoms with Crippen LogP contribution in [0.1, 0.15) is 12.8 Å². The number of likely N-dealkylation sites (N-methyl/N-ethyl adjacent to an activating group) is 1. The SMILES string of the molecule is CNCC1=C=CC=CCC1. The Morgan fingerprint density at radius 3 is 3.40 bits per heavy atom. The Bertz CT molecular complexity index is 183. The molecule has 1 aliphatic rings. The minimum atomic E-state index is 0.970. The molecule has 1 heteroatoms. The zero-order chi connectivity index (χ0) is 7.23. The topological polar surface area (TPSA) is 12.0 Å². The maximum absolute atomic E-state index is 3.22. The van der Waals surface area contributed by atoms with Crippen LogP contribution in [0.15, 0.2) is 29.5 Å². The summed E-state index contributed by atoms with van der Waals surface area (Å²) in [5, 5.41) is 3.12. The predicted octanol–water partition coefficient (Wildman–Crippen LogP) is 1.64. The van der Waals surface area contributed by atoms with E-state index in [9.17, 15) is 0 Å². The molecule has 0 aromatic heterocycles. The van der Waals surface area contributed by atoms with Gasteiger partial charge >= 0.3 is 0 Å². The molecule has 0 spiro atoms. The summed E-state index contributed by atoms with van der Waals surface area (Å²) in [4.78, 5) is 0. The Morgan fingerprint density at radius 2 is 2.60 bits per heavy atom. The van der Waals surface area contributed by atoms with Crippen molar-refractivity contribution in [3.05, 3.63) is 29.5 Å². The van der Waals surface area contributed by atoms with Gasteiger partial charge in [0.2, 0.25) is 0 Å². The van der Waals surface area contributed by atoms with Gasteiger partial charge in [-0.3, -0.25) is 0 Å². The summed E-state index contributed by atoms with van der Waals surface area (Å²) < 4.78 is 0. The smallest absolute Gasteiger partial charge is 0.0237 e. The van der Waals surface area contributed by atoms with Crippen LogP contribution >= 0.6 is 0 Å². The molecule has 0 amide bonds. The van der Waals surface area contributed by atoms with Crippen LogP contribution in [0.5, 0.6) is 0 Å². The molecule has 0 saturated heterocycles. The third-order valence-electron chi connectivity index (χ3n) is 1.52. The van der Waals surface area contributed by atoms with Crippen LogP contribution in [0, 0.1) is 0 Å². The van der Waals surface area contributed by atoms with Crippen molar-refractivity contribution in [2.75, 3.05) is 13.6 Å². The summed E-state index contributed by atoms with van der Waals surface area (Å²) in [6, 6.07) is 0. The fraction of sp³-hybridized carbons (Fsp3) is 0.444. The van der Waals surface area contributed by atoms with Crippen molar-refractivity contribution in [2.45, 2.75) is 12.8 Å². The molecule has 0 aromatic rings. The lowest BCUT2D eigenvalue weighted by Crippen LogP contribution is -2.09. The van der Waals surface area contributed by atoms with Crippen molar-refractivity contribution in [3.63, 3.8) is 0 Å². The molecule has 1 aliphatic carbocycles. The number of allylic oxidation sites excluding steroid dienone is 2. The Labute approximate surface area is 62.1 Å². The lowest BCUT2D eigenvalue weighted by Gasteiger charge is -1.98. The lowest BCUT2D eigenvalue weighted by atomic mass is 10.1. The van der Waals surface area contributed by atoms with E-state index in [0.29, 0.717) is 0 Å². The van der Waals surface area contributed by atoms with Gasteiger partial charge in [-0.25, -0.2) is 0 Å². The zero-order valence-electron chi connectivity index (χ0n) is 6.35. The van der Waals surface area contributed by atoms with E-state index in [-0.39, 0.29) is 0 Å². The molecule has 0 saturated carbocycles. The largest absolute Gasteiger partial charge is 0.315 e. The van der Waals surface area contributed by atoms with Crippen molar-refractivity contribution in [3.8, 4) is 0 Å². The highest BCUT2D eigenvalue weighted by Gasteiger charge is 1.93. The monoisotopic (exact) mass is 135 g/mol. The van der Waals surface area contributed by atoms with Crippen LogP contribution in [-0.2, 0) is 0 Å². The summed E-state index contributed by atoms with van der Waals surface area (Å²) in [6.45, 7) is 0.970. The molecule has 0 aromatic carbocycles. The lowest BCUT2D eigenvalue weighted by molar-refractivity contribution is 0.825. The van der Waals surface area contributed by atoms with Crippen molar-refractivity contribution >= 4 is 0 Å². The van der Waals surface area contributed by atoms with Crippen molar-refractivity contribution in [1.82, 2.24) is 5.32 Å². The summed E-state index contributed by atoms with van der Waals surface area (Å²) in [7, 11) is 1.97. The second-order valence-corrected chi connectivity index (χ2v) is 2.41. The van der Waals surface area contributed by atoms with Crippen LogP contribution in [-0.4, -0.2) is 13.6 Å². The van der Waals surface area contributed by atoms with Gasteiger partial charge in [0.1, 0.15) is 0 Å². The summed E-state index contributed by atoms with van der Waals surface area (Å²) in [6.07, 6.45) is 8.52. The predicted molar refractivity (Wildman–Crippen MR) is 43.9 cm³/mol. The maximum atomic E-state index is 3.22. The van der Waals surface area contributed by atoms with Crippen LogP contribution < -0.4 is 5.32 Å². The minimum Gasteiger partial charge on any atom is -0.315 e. The molecule has 0 radical (unpaired) electrons. The van der Waals surface area contributed by atoms with Gasteiger partial charge in [0.15, 0.2) is 0 Å². The Hall–Kier alpha value is -0.780. The van der Waals surface area contributed by atoms with Crippen molar-refractivity contribution < 1.29 is 0 Å². The molecule has 1 nitrogen and oxygen atoms in total. The maximum Gasteiger partial charge on any atom is 0.0237 e. The third-order valence-corrected chi connectivity index (χ3v) is 1.52. The molecule has 1 N–H and O–H groups in total. The second kappa shape index (κ2) is 4.10. The molecule has 0 bridgehead atoms. The quantitative estimate of drug-likeness (QED) is 0.567. The van der Waals surface area contributed by atoms with E-state index in [4.69, 9.17) is 0 Å². The number of nitrogens with one attached hydrogen (secondary N) is 1. The van der Waals surface area contributed by atoms with E-state index in [0.717, 1.165) is 19.4 Å². The van der Waals surface area contributed by atoms with Gasteiger partial charge < -0.3 is 5.32 Å². The van der Waals surface area contributed by atoms with E-state index < -0.39 is 0 Å². The molecule has 0 unspecified atom stereocenters. The molecule has 54 valence electrons. The Balaban J connectivity index is 2.57. The van der Waals surface area contributed by atoms with Crippen molar-refractivity contribution in [1.29, 1.82) is 0 Å². The minimum absolute atomic E-state index is 0.970. The van der Waals surface area contributed by atoms with Gasteiger partial charge in [0.25, 0.3) is 0 Å². The van der Waals surface area contributed by atoms with Crippen molar-refractivity contribution in [2.24, 2.45) is 0 Å². The Morgan fingerprint density at radius 1 is 1.70 bits per heavy atom. The molecule has 1 rings (SSSR count). The molecular formula is C9H13N. The van der Waals surface area contributed by atoms with E-state index in [2.05, 4.69) is 23.2 Å². The van der Waals surface area contributed by atoms with E-state index in [1.165, 1.54) is 5.57 Å². The molecule has 0 atom stereocenters. The number of rotatable bonds is 2. The molecule has 0 aliphatic heterocycles. The van der Waals surface area contributed by atoms with Crippen LogP contribution in [0.3, 0.4) is 0 Å². The van der Waals surface area contributed by atoms with E-state index >= 15 is 0 Å². The van der Waals surface area contributed by atoms with E-state index in [1.807, 2.05) is 13.1 Å². The fourth-order valence-electron chi connectivity index (χ4n) is 1.01. The first kappa shape index (κ1) is 7.33. The van der Waals surface area contributed by atoms with E-state index in [1.54, 1.807) is 0 Å². The number of hydrogen-bond acceptors (Lipinski definition) is 1. The summed E-state index contributed by atoms with van der Waals surface area (Å²) in [5.41, 5.74) is 4.59. The van der Waals surface area contributed by atoms with Gasteiger partial charge in [-0.05, 0) is 31.5 Å². The molecule has 10 heavy (non-hydrogen) atoms. The zero-order valence-corrected chi connectivity index (χ0v) is 6.35. The van der Waals surface area contributed by atoms with Gasteiger partial charge in [0.05, 0.1) is 0 Å². The highest BCUT2D eigenvalue weighted by molar-refractivity contribution is 5.14. The average molecular weight is 135 g/mol. The summed E-state index contributed by atoms with van der Waals surface area (Å²) in [5.74, 6) is 0. The average Bonchev–Trinajstić information content (AvgIpc) is 2.17. The summed E-state index contributed by atoms with van der Waals surface area (Å²) >= 11 is 0. The van der Waals surface area contributed by atoms with Crippen LogP contribution in [0.2, 0.25) is 0 Å². The molecule has 0 heterocycles. The fourth-order valence-corrected chi connectivity index (χ4v) is 1.01. The molecular weight excluding hydrogens is 122 g/mol. The first-order chi connectivity index (χ1) is 4.93. The second-order valence-electron chi connectivity index (χ2n) is 2.41. The first-order valence-corrected chi connectivity index (χ1v) is 3.67. The van der Waals surface area contributed by atoms with Gasteiger partial charge in [-0.2, -0.15) is 0 Å². The molecule has 0 fully saturated rings. The van der Waals surface area contributed by atoms with Crippen LogP contribution in [0.25, 0.3) is 0 Å². The van der Waals surface area contributed by atoms with Gasteiger partial charge in [-0.15, -0.1) is 5.73 Å². The van der Waals surface area contributed by atoms with Crippen LogP contribution in [0.4, 0.5) is 0 Å². The normalized spacial score (nSPS) is 16.7. The standard InChI is InChI=1S/C9H13N/c1-10-8-9-6-4-2-3-5-7-9/h2-4,10H,5,7-8H2,1H3.